The number of carbonyl (C=O) groups excluding carboxylic acids is 1. The van der Waals surface area contributed by atoms with Gasteiger partial charge >= 0.3 is 6.09 Å². The molecular formula is C13H25N3O2. The minimum Gasteiger partial charge on any atom is -0.444 e. The highest BCUT2D eigenvalue weighted by molar-refractivity contribution is 5.79. The van der Waals surface area contributed by atoms with E-state index >= 15 is 0 Å². The number of amidine groups is 1. The van der Waals surface area contributed by atoms with Gasteiger partial charge in [0.05, 0.1) is 5.84 Å². The van der Waals surface area contributed by atoms with Crippen molar-refractivity contribution in [1.82, 2.24) is 5.32 Å². The third kappa shape index (κ3) is 5.38. The summed E-state index contributed by atoms with van der Waals surface area (Å²) in [6, 6.07) is 0. The molecule has 5 heteroatoms. The fourth-order valence-electron chi connectivity index (χ4n) is 2.22. The average molecular weight is 255 g/mol. The Morgan fingerprint density at radius 2 is 1.89 bits per heavy atom. The van der Waals surface area contributed by atoms with E-state index in [1.54, 1.807) is 0 Å². The van der Waals surface area contributed by atoms with Gasteiger partial charge in [0, 0.05) is 12.5 Å². The zero-order valence-electron chi connectivity index (χ0n) is 11.6. The average Bonchev–Trinajstić information content (AvgIpc) is 2.24. The second kappa shape index (κ2) is 6.07. The standard InChI is InChI=1S/C13H25N3O2/c1-13(2,3)18-12(17)16-8-9-4-6-10(7-5-9)11(14)15/h9-10H,4-8H2,1-3H3,(H3,14,15)(H,16,17)/t9-,10+. The van der Waals surface area contributed by atoms with E-state index in [-0.39, 0.29) is 12.0 Å². The number of hydrogen-bond donors (Lipinski definition) is 3. The van der Waals surface area contributed by atoms with Crippen molar-refractivity contribution in [3.63, 3.8) is 0 Å². The molecule has 18 heavy (non-hydrogen) atoms. The maximum absolute atomic E-state index is 11.5. The van der Waals surface area contributed by atoms with E-state index in [0.717, 1.165) is 25.7 Å². The van der Waals surface area contributed by atoms with Gasteiger partial charge in [0.1, 0.15) is 5.60 Å². The molecule has 0 saturated heterocycles. The highest BCUT2D eigenvalue weighted by Gasteiger charge is 2.24. The van der Waals surface area contributed by atoms with Crippen LogP contribution in [0, 0.1) is 17.2 Å². The zero-order valence-corrected chi connectivity index (χ0v) is 11.6. The maximum atomic E-state index is 11.5. The normalized spacial score (nSPS) is 24.4. The van der Waals surface area contributed by atoms with Crippen LogP contribution in [0.15, 0.2) is 0 Å². The highest BCUT2D eigenvalue weighted by atomic mass is 16.6. The number of nitrogens with two attached hydrogens (primary N) is 1. The van der Waals surface area contributed by atoms with Crippen molar-refractivity contribution in [2.75, 3.05) is 6.54 Å². The summed E-state index contributed by atoms with van der Waals surface area (Å²) >= 11 is 0. The molecule has 0 aromatic rings. The summed E-state index contributed by atoms with van der Waals surface area (Å²) in [6.07, 6.45) is 3.59. The largest absolute Gasteiger partial charge is 0.444 e. The van der Waals surface area contributed by atoms with E-state index in [9.17, 15) is 4.79 Å². The molecule has 0 heterocycles. The molecule has 0 aliphatic heterocycles. The molecule has 0 unspecified atom stereocenters. The fraction of sp³-hybridized carbons (Fsp3) is 0.846. The first-order valence-corrected chi connectivity index (χ1v) is 6.58. The van der Waals surface area contributed by atoms with Crippen LogP contribution in [0.3, 0.4) is 0 Å². The number of hydrogen-bond acceptors (Lipinski definition) is 3. The van der Waals surface area contributed by atoms with Crippen LogP contribution >= 0.6 is 0 Å². The molecule has 4 N–H and O–H groups in total. The molecule has 0 atom stereocenters. The monoisotopic (exact) mass is 255 g/mol. The topological polar surface area (TPSA) is 88.2 Å². The highest BCUT2D eigenvalue weighted by Crippen LogP contribution is 2.28. The van der Waals surface area contributed by atoms with Crippen LogP contribution in [0.5, 0.6) is 0 Å². The van der Waals surface area contributed by atoms with E-state index in [1.807, 2.05) is 20.8 Å². The Hall–Kier alpha value is -1.26. The van der Waals surface area contributed by atoms with E-state index in [1.165, 1.54) is 0 Å². The Morgan fingerprint density at radius 1 is 1.33 bits per heavy atom. The van der Waals surface area contributed by atoms with E-state index < -0.39 is 5.60 Å². The Labute approximate surface area is 109 Å². The third-order valence-corrected chi connectivity index (χ3v) is 3.22. The lowest BCUT2D eigenvalue weighted by atomic mass is 9.81. The van der Waals surface area contributed by atoms with Crippen molar-refractivity contribution in [1.29, 1.82) is 5.41 Å². The lowest BCUT2D eigenvalue weighted by molar-refractivity contribution is 0.0514. The van der Waals surface area contributed by atoms with Crippen molar-refractivity contribution in [3.8, 4) is 0 Å². The molecule has 0 aromatic carbocycles. The number of ether oxygens (including phenoxy) is 1. The molecule has 1 rings (SSSR count). The molecule has 0 aromatic heterocycles. The lowest BCUT2D eigenvalue weighted by Crippen LogP contribution is -2.37. The van der Waals surface area contributed by atoms with Gasteiger partial charge in [-0.05, 0) is 52.4 Å². The van der Waals surface area contributed by atoms with Crippen LogP contribution in [0.4, 0.5) is 4.79 Å². The van der Waals surface area contributed by atoms with Gasteiger partial charge in [0.25, 0.3) is 0 Å². The van der Waals surface area contributed by atoms with Crippen molar-refractivity contribution in [2.24, 2.45) is 17.6 Å². The molecule has 0 bridgehead atoms. The van der Waals surface area contributed by atoms with Crippen molar-refractivity contribution >= 4 is 11.9 Å². The number of nitrogens with one attached hydrogen (secondary N) is 2. The molecule has 1 aliphatic rings. The summed E-state index contributed by atoms with van der Waals surface area (Å²) in [5.41, 5.74) is 5.05. The summed E-state index contributed by atoms with van der Waals surface area (Å²) in [6.45, 7) is 6.21. The Balaban J connectivity index is 2.22. The van der Waals surface area contributed by atoms with Gasteiger partial charge in [-0.1, -0.05) is 0 Å². The molecule has 1 amide bonds. The second-order valence-electron chi connectivity index (χ2n) is 6.06. The molecule has 5 nitrogen and oxygen atoms in total. The minimum absolute atomic E-state index is 0.239. The summed E-state index contributed by atoms with van der Waals surface area (Å²) in [5.74, 6) is 1.02. The first-order chi connectivity index (χ1) is 8.28. The first kappa shape index (κ1) is 14.8. The molecule has 0 spiro atoms. The lowest BCUT2D eigenvalue weighted by Gasteiger charge is -2.28. The van der Waals surface area contributed by atoms with Gasteiger partial charge < -0.3 is 15.8 Å². The predicted octanol–water partition coefficient (Wildman–Crippen LogP) is 2.25. The molecule has 1 fully saturated rings. The molecule has 0 radical (unpaired) electrons. The quantitative estimate of drug-likeness (QED) is 0.534. The number of carbonyl (C=O) groups is 1. The minimum atomic E-state index is -0.448. The molecular weight excluding hydrogens is 230 g/mol. The van der Waals surface area contributed by atoms with Crippen LogP contribution in [0.25, 0.3) is 0 Å². The van der Waals surface area contributed by atoms with Crippen LogP contribution in [-0.2, 0) is 4.74 Å². The van der Waals surface area contributed by atoms with Crippen molar-refractivity contribution < 1.29 is 9.53 Å². The van der Waals surface area contributed by atoms with Crippen LogP contribution in [0.1, 0.15) is 46.5 Å². The molecule has 1 saturated carbocycles. The van der Waals surface area contributed by atoms with Gasteiger partial charge in [-0.2, -0.15) is 0 Å². The van der Waals surface area contributed by atoms with Crippen LogP contribution in [0.2, 0.25) is 0 Å². The summed E-state index contributed by atoms with van der Waals surface area (Å²) in [4.78, 5) is 11.5. The van der Waals surface area contributed by atoms with Gasteiger partial charge in [-0.15, -0.1) is 0 Å². The van der Waals surface area contributed by atoms with E-state index in [4.69, 9.17) is 15.9 Å². The summed E-state index contributed by atoms with van der Waals surface area (Å²) in [5, 5.41) is 10.2. The molecule has 1 aliphatic carbocycles. The number of alkyl carbamates (subject to hydrolysis) is 1. The first-order valence-electron chi connectivity index (χ1n) is 6.58. The second-order valence-corrected chi connectivity index (χ2v) is 6.06. The van der Waals surface area contributed by atoms with Crippen LogP contribution in [-0.4, -0.2) is 24.1 Å². The smallest absolute Gasteiger partial charge is 0.407 e. The SMILES string of the molecule is CC(C)(C)OC(=O)NC[C@H]1CC[C@@H](C(=N)N)CC1. The number of amides is 1. The molecule has 104 valence electrons. The van der Waals surface area contributed by atoms with Gasteiger partial charge in [-0.25, -0.2) is 4.79 Å². The van der Waals surface area contributed by atoms with Gasteiger partial charge in [0.2, 0.25) is 0 Å². The van der Waals surface area contributed by atoms with Crippen LogP contribution < -0.4 is 11.1 Å². The van der Waals surface area contributed by atoms with Gasteiger partial charge in [0.15, 0.2) is 0 Å². The fourth-order valence-corrected chi connectivity index (χ4v) is 2.22. The zero-order chi connectivity index (χ0) is 13.8. The van der Waals surface area contributed by atoms with E-state index in [2.05, 4.69) is 5.32 Å². The summed E-state index contributed by atoms with van der Waals surface area (Å²) in [7, 11) is 0. The summed E-state index contributed by atoms with van der Waals surface area (Å²) < 4.78 is 5.18. The Kier molecular flexibility index (Phi) is 4.99. The predicted molar refractivity (Wildman–Crippen MR) is 71.6 cm³/mol. The van der Waals surface area contributed by atoms with Crippen molar-refractivity contribution in [3.05, 3.63) is 0 Å². The van der Waals surface area contributed by atoms with E-state index in [0.29, 0.717) is 18.3 Å². The van der Waals surface area contributed by atoms with Gasteiger partial charge in [-0.3, -0.25) is 5.41 Å². The third-order valence-electron chi connectivity index (χ3n) is 3.22. The number of rotatable bonds is 3. The van der Waals surface area contributed by atoms with Crippen molar-refractivity contribution in [2.45, 2.75) is 52.1 Å². The maximum Gasteiger partial charge on any atom is 0.407 e. The Morgan fingerprint density at radius 3 is 2.33 bits per heavy atom. The Bertz CT molecular complexity index is 302.